The molecule has 0 unspecified atom stereocenters. The third-order valence-electron chi connectivity index (χ3n) is 4.75. The fourth-order valence-corrected chi connectivity index (χ4v) is 2.99. The van der Waals surface area contributed by atoms with Gasteiger partial charge in [0.2, 0.25) is 0 Å². The molecule has 0 aromatic heterocycles. The lowest BCUT2D eigenvalue weighted by Gasteiger charge is -2.30. The van der Waals surface area contributed by atoms with E-state index in [4.69, 9.17) is 5.11 Å². The van der Waals surface area contributed by atoms with Crippen LogP contribution in [0.15, 0.2) is 0 Å². The van der Waals surface area contributed by atoms with Crippen molar-refractivity contribution in [3.05, 3.63) is 0 Å². The van der Waals surface area contributed by atoms with Gasteiger partial charge in [0.1, 0.15) is 6.54 Å². The molecule has 2 rings (SSSR count). The first-order valence-corrected chi connectivity index (χ1v) is 7.28. The summed E-state index contributed by atoms with van der Waals surface area (Å²) in [5.74, 6) is -0.920. The second-order valence-electron chi connectivity index (χ2n) is 5.91. The van der Waals surface area contributed by atoms with Crippen LogP contribution < -0.4 is 0 Å². The maximum Gasteiger partial charge on any atom is 0.323 e. The van der Waals surface area contributed by atoms with Crippen molar-refractivity contribution in [2.24, 2.45) is 5.41 Å². The van der Waals surface area contributed by atoms with Crippen LogP contribution in [0.2, 0.25) is 0 Å². The topological polar surface area (TPSA) is 60.9 Å². The van der Waals surface area contributed by atoms with E-state index in [1.807, 2.05) is 4.90 Å². The number of likely N-dealkylation sites (tertiary alicyclic amines) is 1. The molecule has 5 nitrogen and oxygen atoms in total. The van der Waals surface area contributed by atoms with Gasteiger partial charge in [-0.3, -0.25) is 4.79 Å². The summed E-state index contributed by atoms with van der Waals surface area (Å²) >= 11 is 0. The molecular formula is C14H24N2O3. The van der Waals surface area contributed by atoms with Crippen molar-refractivity contribution in [2.75, 3.05) is 19.6 Å². The number of rotatable bonds is 5. The Morgan fingerprint density at radius 3 is 2.37 bits per heavy atom. The molecule has 0 spiro atoms. The zero-order valence-corrected chi connectivity index (χ0v) is 11.9. The summed E-state index contributed by atoms with van der Waals surface area (Å²) < 4.78 is 0. The van der Waals surface area contributed by atoms with Gasteiger partial charge in [-0.1, -0.05) is 13.8 Å². The van der Waals surface area contributed by atoms with Gasteiger partial charge in [0.25, 0.3) is 0 Å². The Morgan fingerprint density at radius 1 is 1.32 bits per heavy atom. The van der Waals surface area contributed by atoms with Crippen LogP contribution in [-0.4, -0.2) is 52.6 Å². The van der Waals surface area contributed by atoms with Crippen molar-refractivity contribution < 1.29 is 14.7 Å². The lowest BCUT2D eigenvalue weighted by atomic mass is 9.82. The van der Waals surface area contributed by atoms with Gasteiger partial charge in [0.15, 0.2) is 0 Å². The van der Waals surface area contributed by atoms with Crippen LogP contribution in [0, 0.1) is 5.41 Å². The number of amides is 2. The number of hydrogen-bond acceptors (Lipinski definition) is 2. The fraction of sp³-hybridized carbons (Fsp3) is 0.857. The van der Waals surface area contributed by atoms with Crippen LogP contribution in [0.1, 0.15) is 46.0 Å². The molecule has 1 saturated heterocycles. The van der Waals surface area contributed by atoms with Crippen molar-refractivity contribution >= 4 is 12.0 Å². The maximum absolute atomic E-state index is 12.5. The van der Waals surface area contributed by atoms with Crippen LogP contribution in [-0.2, 0) is 4.79 Å². The number of carboxylic acids is 1. The summed E-state index contributed by atoms with van der Waals surface area (Å²) in [6.07, 6.45) is 5.09. The van der Waals surface area contributed by atoms with E-state index in [2.05, 4.69) is 13.8 Å². The van der Waals surface area contributed by atoms with E-state index in [-0.39, 0.29) is 24.0 Å². The Morgan fingerprint density at radius 2 is 1.95 bits per heavy atom. The lowest BCUT2D eigenvalue weighted by molar-refractivity contribution is -0.137. The van der Waals surface area contributed by atoms with Crippen molar-refractivity contribution in [1.82, 2.24) is 9.80 Å². The quantitative estimate of drug-likeness (QED) is 0.831. The van der Waals surface area contributed by atoms with Gasteiger partial charge in [-0.15, -0.1) is 0 Å². The molecule has 2 aliphatic rings. The zero-order valence-electron chi connectivity index (χ0n) is 11.9. The molecule has 1 saturated carbocycles. The molecule has 1 aliphatic heterocycles. The molecule has 0 radical (unpaired) electrons. The molecule has 2 fully saturated rings. The molecule has 0 aromatic carbocycles. The third kappa shape index (κ3) is 3.01. The number of urea groups is 1. The highest BCUT2D eigenvalue weighted by Crippen LogP contribution is 2.38. The van der Waals surface area contributed by atoms with Gasteiger partial charge in [-0.05, 0) is 37.5 Å². The highest BCUT2D eigenvalue weighted by atomic mass is 16.4. The van der Waals surface area contributed by atoms with E-state index in [1.54, 1.807) is 4.90 Å². The molecule has 1 aliphatic carbocycles. The summed E-state index contributed by atoms with van der Waals surface area (Å²) in [6, 6.07) is 0.0792. The third-order valence-corrected chi connectivity index (χ3v) is 4.75. The first-order chi connectivity index (χ1) is 9.01. The van der Waals surface area contributed by atoms with Crippen molar-refractivity contribution in [3.63, 3.8) is 0 Å². The van der Waals surface area contributed by atoms with Gasteiger partial charge in [0.05, 0.1) is 0 Å². The first kappa shape index (κ1) is 14.2. The normalized spacial score (nSPS) is 21.5. The van der Waals surface area contributed by atoms with Crippen LogP contribution in [0.5, 0.6) is 0 Å². The highest BCUT2D eigenvalue weighted by Gasteiger charge is 2.42. The average molecular weight is 268 g/mol. The van der Waals surface area contributed by atoms with E-state index in [9.17, 15) is 9.59 Å². The summed E-state index contributed by atoms with van der Waals surface area (Å²) in [5, 5.41) is 8.93. The number of aliphatic carboxylic acids is 1. The molecular weight excluding hydrogens is 244 g/mol. The number of hydrogen-bond donors (Lipinski definition) is 1. The van der Waals surface area contributed by atoms with Gasteiger partial charge >= 0.3 is 12.0 Å². The second kappa shape index (κ2) is 5.39. The van der Waals surface area contributed by atoms with Crippen molar-refractivity contribution in [2.45, 2.75) is 52.0 Å². The summed E-state index contributed by atoms with van der Waals surface area (Å²) in [5.41, 5.74) is 0.244. The molecule has 0 aromatic rings. The highest BCUT2D eigenvalue weighted by molar-refractivity contribution is 5.81. The van der Waals surface area contributed by atoms with Gasteiger partial charge in [0, 0.05) is 19.1 Å². The Bertz CT molecular complexity index is 362. The number of nitrogens with zero attached hydrogens (tertiary/aromatic N) is 2. The molecule has 5 heteroatoms. The standard InChI is InChI=1S/C14H24N2O3/c1-3-14(4-2)7-8-15(10-14)13(19)16(9-12(17)18)11-5-6-11/h11H,3-10H2,1-2H3,(H,17,18). The van der Waals surface area contributed by atoms with Crippen LogP contribution in [0.25, 0.3) is 0 Å². The summed E-state index contributed by atoms with van der Waals surface area (Å²) in [6.45, 7) is 5.73. The first-order valence-electron chi connectivity index (χ1n) is 7.28. The fourth-order valence-electron chi connectivity index (χ4n) is 2.99. The predicted octanol–water partition coefficient (Wildman–Crippen LogP) is 2.17. The van der Waals surface area contributed by atoms with E-state index in [1.165, 1.54) is 0 Å². The van der Waals surface area contributed by atoms with Crippen molar-refractivity contribution in [1.29, 1.82) is 0 Å². The zero-order chi connectivity index (χ0) is 14.0. The van der Waals surface area contributed by atoms with Gasteiger partial charge < -0.3 is 14.9 Å². The smallest absolute Gasteiger partial charge is 0.323 e. The molecule has 108 valence electrons. The van der Waals surface area contributed by atoms with Crippen molar-refractivity contribution in [3.8, 4) is 0 Å². The second-order valence-corrected chi connectivity index (χ2v) is 5.91. The number of carbonyl (C=O) groups excluding carboxylic acids is 1. The molecule has 19 heavy (non-hydrogen) atoms. The maximum atomic E-state index is 12.5. The number of carboxylic acid groups (broad SMARTS) is 1. The van der Waals surface area contributed by atoms with Crippen LogP contribution >= 0.6 is 0 Å². The molecule has 1 heterocycles. The van der Waals surface area contributed by atoms with E-state index < -0.39 is 5.97 Å². The lowest BCUT2D eigenvalue weighted by Crippen LogP contribution is -2.46. The number of carbonyl (C=O) groups is 2. The molecule has 0 atom stereocenters. The molecule has 1 N–H and O–H groups in total. The Hall–Kier alpha value is -1.26. The largest absolute Gasteiger partial charge is 0.480 e. The monoisotopic (exact) mass is 268 g/mol. The minimum absolute atomic E-state index is 0.0753. The Balaban J connectivity index is 2.00. The minimum Gasteiger partial charge on any atom is -0.480 e. The average Bonchev–Trinajstić information content (AvgIpc) is 3.14. The van der Waals surface area contributed by atoms with Crippen LogP contribution in [0.3, 0.4) is 0 Å². The minimum atomic E-state index is -0.920. The van der Waals surface area contributed by atoms with Gasteiger partial charge in [-0.25, -0.2) is 4.79 Å². The molecule has 2 amide bonds. The van der Waals surface area contributed by atoms with E-state index in [0.717, 1.165) is 45.2 Å². The summed E-state index contributed by atoms with van der Waals surface area (Å²) in [7, 11) is 0. The van der Waals surface area contributed by atoms with Crippen LogP contribution in [0.4, 0.5) is 4.79 Å². The molecule has 0 bridgehead atoms. The van der Waals surface area contributed by atoms with E-state index in [0.29, 0.717) is 0 Å². The Kier molecular flexibility index (Phi) is 4.02. The van der Waals surface area contributed by atoms with E-state index >= 15 is 0 Å². The summed E-state index contributed by atoms with van der Waals surface area (Å²) in [4.78, 5) is 26.8. The predicted molar refractivity (Wildman–Crippen MR) is 72.0 cm³/mol. The Labute approximate surface area is 114 Å². The van der Waals surface area contributed by atoms with Gasteiger partial charge in [-0.2, -0.15) is 0 Å². The SMILES string of the molecule is CCC1(CC)CCN(C(=O)N(CC(=O)O)C2CC2)C1.